The first-order valence-electron chi connectivity index (χ1n) is 13.4. The molecule has 1 amide bonds. The first kappa shape index (κ1) is 27.0. The molecule has 3 aromatic heterocycles. The standard InChI is InChI=1S/C28H37FN8O2/c1-17(2)19-12-32-24(37-14-27(3,15-37)25(39)35(5)6)20-13-31-23(11-18(19)20)33-22-7-9-30-26(34-22)36-10-8-21(38)28(4,29)16-36/h7,9,11-13,17,21,38H,8,10,14-16H2,1-6H3,(H,30,31,33,34)/t21-,28+/m1/s1. The molecule has 0 aromatic carbocycles. The van der Waals surface area contributed by atoms with Crippen LogP contribution in [0, 0.1) is 5.41 Å². The summed E-state index contributed by atoms with van der Waals surface area (Å²) in [7, 11) is 3.57. The topological polar surface area (TPSA) is 111 Å². The largest absolute Gasteiger partial charge is 0.390 e. The molecule has 5 heterocycles. The van der Waals surface area contributed by atoms with Gasteiger partial charge in [-0.15, -0.1) is 0 Å². The van der Waals surface area contributed by atoms with Crippen molar-refractivity contribution < 1.29 is 14.3 Å². The first-order chi connectivity index (χ1) is 18.4. The van der Waals surface area contributed by atoms with E-state index in [1.807, 2.05) is 25.4 Å². The second-order valence-corrected chi connectivity index (χ2v) is 11.8. The number of carbonyl (C=O) groups is 1. The predicted molar refractivity (Wildman–Crippen MR) is 150 cm³/mol. The Hall–Kier alpha value is -3.60. The number of fused-ring (bicyclic) bond motifs is 1. The van der Waals surface area contributed by atoms with E-state index in [1.165, 1.54) is 6.92 Å². The molecular formula is C28H37FN8O2. The van der Waals surface area contributed by atoms with Crippen molar-refractivity contribution in [3.8, 4) is 0 Å². The number of nitrogens with zero attached hydrogens (tertiary/aromatic N) is 7. The lowest BCUT2D eigenvalue weighted by Crippen LogP contribution is -2.61. The van der Waals surface area contributed by atoms with Crippen LogP contribution in [0.3, 0.4) is 0 Å². The number of aromatic nitrogens is 4. The molecule has 2 saturated heterocycles. The maximum Gasteiger partial charge on any atom is 0.231 e. The van der Waals surface area contributed by atoms with Crippen molar-refractivity contribution in [1.82, 2.24) is 24.8 Å². The number of hydrogen-bond donors (Lipinski definition) is 2. The van der Waals surface area contributed by atoms with Crippen molar-refractivity contribution in [2.24, 2.45) is 5.41 Å². The van der Waals surface area contributed by atoms with E-state index in [1.54, 1.807) is 36.2 Å². The van der Waals surface area contributed by atoms with Gasteiger partial charge in [0.05, 0.1) is 18.1 Å². The minimum Gasteiger partial charge on any atom is -0.390 e. The molecule has 0 bridgehead atoms. The van der Waals surface area contributed by atoms with Crippen molar-refractivity contribution in [1.29, 1.82) is 0 Å². The van der Waals surface area contributed by atoms with E-state index >= 15 is 0 Å². The Balaban J connectivity index is 1.41. The molecular weight excluding hydrogens is 499 g/mol. The second kappa shape index (κ2) is 9.86. The fourth-order valence-corrected chi connectivity index (χ4v) is 5.55. The molecule has 3 aromatic rings. The lowest BCUT2D eigenvalue weighted by Gasteiger charge is -2.48. The molecule has 0 unspecified atom stereocenters. The van der Waals surface area contributed by atoms with E-state index in [9.17, 15) is 14.3 Å². The van der Waals surface area contributed by atoms with Gasteiger partial charge in [-0.1, -0.05) is 13.8 Å². The first-order valence-corrected chi connectivity index (χ1v) is 13.4. The normalized spacial score (nSPS) is 22.6. The molecule has 2 aliphatic heterocycles. The Morgan fingerprint density at radius 3 is 2.51 bits per heavy atom. The molecule has 208 valence electrons. The molecule has 0 aliphatic carbocycles. The number of halogens is 1. The van der Waals surface area contributed by atoms with Gasteiger partial charge in [0.1, 0.15) is 17.5 Å². The average Bonchev–Trinajstić information content (AvgIpc) is 2.87. The molecule has 11 heteroatoms. The molecule has 2 atom stereocenters. The fraction of sp³-hybridized carbons (Fsp3) is 0.536. The van der Waals surface area contributed by atoms with Crippen LogP contribution in [0.5, 0.6) is 0 Å². The highest BCUT2D eigenvalue weighted by Crippen LogP contribution is 2.39. The molecule has 0 spiro atoms. The lowest BCUT2D eigenvalue weighted by atomic mass is 9.80. The van der Waals surface area contributed by atoms with Crippen LogP contribution in [0.25, 0.3) is 10.8 Å². The number of amides is 1. The van der Waals surface area contributed by atoms with E-state index < -0.39 is 17.2 Å². The molecule has 0 saturated carbocycles. The number of alkyl halides is 1. The highest BCUT2D eigenvalue weighted by atomic mass is 19.1. The number of carbonyl (C=O) groups excluding carboxylic acids is 1. The van der Waals surface area contributed by atoms with Crippen molar-refractivity contribution in [3.63, 3.8) is 0 Å². The predicted octanol–water partition coefficient (Wildman–Crippen LogP) is 3.50. The van der Waals surface area contributed by atoms with Gasteiger partial charge < -0.3 is 25.1 Å². The van der Waals surface area contributed by atoms with Crippen molar-refractivity contribution >= 4 is 40.1 Å². The summed E-state index contributed by atoms with van der Waals surface area (Å²) in [5, 5.41) is 15.2. The summed E-state index contributed by atoms with van der Waals surface area (Å²) in [6.45, 7) is 9.35. The monoisotopic (exact) mass is 536 g/mol. The number of aliphatic hydroxyl groups is 1. The zero-order chi connectivity index (χ0) is 28.1. The summed E-state index contributed by atoms with van der Waals surface area (Å²) < 4.78 is 14.7. The Labute approximate surface area is 228 Å². The SMILES string of the molecule is CC(C)c1cnc(N2CC(C)(C(=O)N(C)C)C2)c2cnc(Nc3ccnc(N4CC[C@@H](O)[C@@](C)(F)C4)n3)cc12. The van der Waals surface area contributed by atoms with Crippen LogP contribution in [0.1, 0.15) is 45.6 Å². The third-order valence-electron chi connectivity index (χ3n) is 7.75. The number of hydrogen-bond acceptors (Lipinski definition) is 9. The summed E-state index contributed by atoms with van der Waals surface area (Å²) in [6, 6.07) is 3.74. The summed E-state index contributed by atoms with van der Waals surface area (Å²) >= 11 is 0. The van der Waals surface area contributed by atoms with Crippen molar-refractivity contribution in [2.45, 2.75) is 51.8 Å². The zero-order valence-electron chi connectivity index (χ0n) is 23.4. The maximum atomic E-state index is 14.7. The quantitative estimate of drug-likeness (QED) is 0.489. The maximum absolute atomic E-state index is 14.7. The number of rotatable bonds is 6. The van der Waals surface area contributed by atoms with Gasteiger partial charge >= 0.3 is 0 Å². The van der Waals surface area contributed by atoms with E-state index in [0.717, 1.165) is 22.2 Å². The number of pyridine rings is 2. The Kier molecular flexibility index (Phi) is 6.82. The van der Waals surface area contributed by atoms with E-state index in [-0.39, 0.29) is 18.4 Å². The molecule has 2 aliphatic rings. The van der Waals surface area contributed by atoms with Crippen LogP contribution in [0.4, 0.5) is 27.8 Å². The third-order valence-corrected chi connectivity index (χ3v) is 7.75. The second-order valence-electron chi connectivity index (χ2n) is 11.8. The van der Waals surface area contributed by atoms with Crippen LogP contribution in [0.15, 0.2) is 30.7 Å². The van der Waals surface area contributed by atoms with Crippen LogP contribution in [0.2, 0.25) is 0 Å². The third kappa shape index (κ3) is 5.07. The molecule has 0 radical (unpaired) electrons. The van der Waals surface area contributed by atoms with Crippen LogP contribution in [-0.2, 0) is 4.79 Å². The minimum absolute atomic E-state index is 0.0229. The van der Waals surface area contributed by atoms with E-state index in [4.69, 9.17) is 4.98 Å². The van der Waals surface area contributed by atoms with Gasteiger partial charge in [0.15, 0.2) is 5.67 Å². The summed E-state index contributed by atoms with van der Waals surface area (Å²) in [5.74, 6) is 2.75. The average molecular weight is 537 g/mol. The van der Waals surface area contributed by atoms with Gasteiger partial charge in [-0.3, -0.25) is 4.79 Å². The number of nitrogens with one attached hydrogen (secondary N) is 1. The number of anilines is 4. The van der Waals surface area contributed by atoms with Gasteiger partial charge in [0.2, 0.25) is 11.9 Å². The van der Waals surface area contributed by atoms with Crippen LogP contribution in [-0.4, -0.2) is 87.9 Å². The van der Waals surface area contributed by atoms with Crippen LogP contribution < -0.4 is 15.1 Å². The highest BCUT2D eigenvalue weighted by molar-refractivity contribution is 5.97. The van der Waals surface area contributed by atoms with Gasteiger partial charge in [0.25, 0.3) is 0 Å². The van der Waals surface area contributed by atoms with E-state index in [2.05, 4.69) is 39.0 Å². The molecule has 39 heavy (non-hydrogen) atoms. The Morgan fingerprint density at radius 2 is 1.85 bits per heavy atom. The summed E-state index contributed by atoms with van der Waals surface area (Å²) in [6.07, 6.45) is 4.68. The Bertz CT molecular complexity index is 1390. The smallest absolute Gasteiger partial charge is 0.231 e. The van der Waals surface area contributed by atoms with Gasteiger partial charge in [-0.2, -0.15) is 4.98 Å². The van der Waals surface area contributed by atoms with Gasteiger partial charge in [-0.25, -0.2) is 19.3 Å². The van der Waals surface area contributed by atoms with Crippen molar-refractivity contribution in [2.75, 3.05) is 55.4 Å². The van der Waals surface area contributed by atoms with Gasteiger partial charge in [0, 0.05) is 57.7 Å². The molecule has 5 rings (SSSR count). The minimum atomic E-state index is -1.72. The van der Waals surface area contributed by atoms with E-state index in [0.29, 0.717) is 43.6 Å². The highest BCUT2D eigenvalue weighted by Gasteiger charge is 2.47. The Morgan fingerprint density at radius 1 is 1.10 bits per heavy atom. The lowest BCUT2D eigenvalue weighted by molar-refractivity contribution is -0.140. The molecule has 2 N–H and O–H groups in total. The zero-order valence-corrected chi connectivity index (χ0v) is 23.4. The number of aliphatic hydroxyl groups excluding tert-OH is 1. The van der Waals surface area contributed by atoms with Crippen LogP contribution >= 0.6 is 0 Å². The molecule has 2 fully saturated rings. The summed E-state index contributed by atoms with van der Waals surface area (Å²) in [5.41, 5.74) is -1.05. The van der Waals surface area contributed by atoms with Gasteiger partial charge in [-0.05, 0) is 49.3 Å². The van der Waals surface area contributed by atoms with Crippen molar-refractivity contribution in [3.05, 3.63) is 36.3 Å². The number of piperidine rings is 1. The molecule has 10 nitrogen and oxygen atoms in total. The fourth-order valence-electron chi connectivity index (χ4n) is 5.55. The summed E-state index contributed by atoms with van der Waals surface area (Å²) in [4.78, 5) is 36.5.